The molecule has 0 saturated heterocycles. The van der Waals surface area contributed by atoms with E-state index >= 15 is 0 Å². The second-order valence-corrected chi connectivity index (χ2v) is 6.13. The molecule has 3 nitrogen and oxygen atoms in total. The smallest absolute Gasteiger partial charge is 0.168 e. The summed E-state index contributed by atoms with van der Waals surface area (Å²) in [5.74, 6) is 1.68. The van der Waals surface area contributed by atoms with Crippen molar-refractivity contribution >= 4 is 17.6 Å². The van der Waals surface area contributed by atoms with Crippen LogP contribution in [0.15, 0.2) is 18.3 Å². The van der Waals surface area contributed by atoms with Crippen molar-refractivity contribution in [2.24, 2.45) is 0 Å². The number of hydrogen-bond donors (Lipinski definition) is 1. The predicted octanol–water partition coefficient (Wildman–Crippen LogP) is 3.57. The molecule has 0 aromatic carbocycles. The largest absolute Gasteiger partial charge is 0.493 e. The number of ether oxygens (including phenoxy) is 1. The van der Waals surface area contributed by atoms with Crippen molar-refractivity contribution in [3.8, 4) is 5.75 Å². The first-order valence-electron chi connectivity index (χ1n) is 6.58. The van der Waals surface area contributed by atoms with Gasteiger partial charge in [0.25, 0.3) is 0 Å². The molecule has 0 unspecified atom stereocenters. The van der Waals surface area contributed by atoms with Gasteiger partial charge in [0.15, 0.2) is 11.6 Å². The molecule has 4 heteroatoms. The molecule has 1 N–H and O–H groups in total. The number of thioether (sulfide) groups is 1. The monoisotopic (exact) mass is 266 g/mol. The SMILES string of the molecule is COc1cccnc1NCC1(SC)CCCCC1. The van der Waals surface area contributed by atoms with E-state index in [1.807, 2.05) is 23.9 Å². The van der Waals surface area contributed by atoms with Gasteiger partial charge in [-0.2, -0.15) is 11.8 Å². The van der Waals surface area contributed by atoms with Crippen LogP contribution in [-0.2, 0) is 0 Å². The fourth-order valence-electron chi connectivity index (χ4n) is 2.58. The first kappa shape index (κ1) is 13.5. The second kappa shape index (κ2) is 6.32. The first-order chi connectivity index (χ1) is 8.79. The lowest BCUT2D eigenvalue weighted by molar-refractivity contribution is 0.404. The van der Waals surface area contributed by atoms with Crippen LogP contribution in [0.3, 0.4) is 0 Å². The van der Waals surface area contributed by atoms with Crippen LogP contribution < -0.4 is 10.1 Å². The van der Waals surface area contributed by atoms with E-state index < -0.39 is 0 Å². The van der Waals surface area contributed by atoms with Crippen molar-refractivity contribution in [1.82, 2.24) is 4.98 Å². The van der Waals surface area contributed by atoms with E-state index in [0.29, 0.717) is 4.75 Å². The zero-order valence-electron chi connectivity index (χ0n) is 11.2. The van der Waals surface area contributed by atoms with Crippen LogP contribution in [0, 0.1) is 0 Å². The average molecular weight is 266 g/mol. The summed E-state index contributed by atoms with van der Waals surface area (Å²) in [6.45, 7) is 0.974. The Morgan fingerprint density at radius 2 is 2.17 bits per heavy atom. The van der Waals surface area contributed by atoms with Crippen LogP contribution in [0.1, 0.15) is 32.1 Å². The van der Waals surface area contributed by atoms with Crippen molar-refractivity contribution in [3.63, 3.8) is 0 Å². The molecule has 0 aliphatic heterocycles. The van der Waals surface area contributed by atoms with Gasteiger partial charge < -0.3 is 10.1 Å². The van der Waals surface area contributed by atoms with Gasteiger partial charge in [0.05, 0.1) is 7.11 Å². The number of hydrogen-bond acceptors (Lipinski definition) is 4. The molecule has 1 aromatic rings. The minimum Gasteiger partial charge on any atom is -0.493 e. The lowest BCUT2D eigenvalue weighted by Crippen LogP contribution is -2.35. The van der Waals surface area contributed by atoms with Crippen LogP contribution in [0.4, 0.5) is 5.82 Å². The third-order valence-corrected chi connectivity index (χ3v) is 5.19. The van der Waals surface area contributed by atoms with E-state index in [-0.39, 0.29) is 0 Å². The molecule has 18 heavy (non-hydrogen) atoms. The van der Waals surface area contributed by atoms with Gasteiger partial charge in [-0.1, -0.05) is 19.3 Å². The Hall–Kier alpha value is -0.900. The minimum atomic E-state index is 0.376. The molecule has 100 valence electrons. The van der Waals surface area contributed by atoms with Gasteiger partial charge in [0, 0.05) is 17.5 Å². The van der Waals surface area contributed by atoms with E-state index in [4.69, 9.17) is 4.74 Å². The molecule has 1 heterocycles. The summed E-state index contributed by atoms with van der Waals surface area (Å²) < 4.78 is 5.70. The number of pyridine rings is 1. The Morgan fingerprint density at radius 1 is 1.39 bits per heavy atom. The van der Waals surface area contributed by atoms with Crippen molar-refractivity contribution in [1.29, 1.82) is 0 Å². The standard InChI is InChI=1S/C14H22N2OS/c1-17-12-7-6-10-15-13(12)16-11-14(18-2)8-4-3-5-9-14/h6-7,10H,3-5,8-9,11H2,1-2H3,(H,15,16). The number of anilines is 1. The summed E-state index contributed by atoms with van der Waals surface area (Å²) in [6.07, 6.45) is 10.7. The predicted molar refractivity (Wildman–Crippen MR) is 78.6 cm³/mol. The normalized spacial score (nSPS) is 18.3. The van der Waals surface area contributed by atoms with Crippen LogP contribution >= 0.6 is 11.8 Å². The second-order valence-electron chi connectivity index (χ2n) is 4.86. The number of aromatic nitrogens is 1. The van der Waals surface area contributed by atoms with Crippen molar-refractivity contribution in [2.45, 2.75) is 36.9 Å². The van der Waals surface area contributed by atoms with Gasteiger partial charge in [-0.3, -0.25) is 0 Å². The van der Waals surface area contributed by atoms with Gasteiger partial charge in [-0.25, -0.2) is 4.98 Å². The minimum absolute atomic E-state index is 0.376. The van der Waals surface area contributed by atoms with E-state index in [0.717, 1.165) is 18.1 Å². The summed E-state index contributed by atoms with van der Waals surface area (Å²) in [7, 11) is 1.69. The molecule has 0 amide bonds. The summed E-state index contributed by atoms with van der Waals surface area (Å²) in [5, 5.41) is 3.47. The first-order valence-corrected chi connectivity index (χ1v) is 7.80. The fourth-order valence-corrected chi connectivity index (χ4v) is 3.50. The molecule has 2 rings (SSSR count). The van der Waals surface area contributed by atoms with E-state index in [1.54, 1.807) is 13.3 Å². The van der Waals surface area contributed by atoms with Crippen LogP contribution in [0.2, 0.25) is 0 Å². The highest BCUT2D eigenvalue weighted by molar-refractivity contribution is 8.00. The Morgan fingerprint density at radius 3 is 2.83 bits per heavy atom. The maximum Gasteiger partial charge on any atom is 0.168 e. The number of nitrogens with zero attached hydrogens (tertiary/aromatic N) is 1. The summed E-state index contributed by atoms with van der Waals surface area (Å²) >= 11 is 1.99. The summed E-state index contributed by atoms with van der Waals surface area (Å²) in [6, 6.07) is 3.84. The third-order valence-electron chi connectivity index (χ3n) is 3.77. The van der Waals surface area contributed by atoms with E-state index in [1.165, 1.54) is 32.1 Å². The van der Waals surface area contributed by atoms with Gasteiger partial charge >= 0.3 is 0 Å². The molecular weight excluding hydrogens is 244 g/mol. The molecule has 1 fully saturated rings. The highest BCUT2D eigenvalue weighted by Crippen LogP contribution is 2.39. The molecule has 1 aromatic heterocycles. The Balaban J connectivity index is 2.01. The van der Waals surface area contributed by atoms with Crippen LogP contribution in [0.25, 0.3) is 0 Å². The van der Waals surface area contributed by atoms with Gasteiger partial charge in [-0.05, 0) is 31.2 Å². The molecule has 0 atom stereocenters. The summed E-state index contributed by atoms with van der Waals surface area (Å²) in [4.78, 5) is 4.35. The molecular formula is C14H22N2OS. The third kappa shape index (κ3) is 3.10. The Kier molecular flexibility index (Phi) is 4.75. The highest BCUT2D eigenvalue weighted by Gasteiger charge is 2.31. The highest BCUT2D eigenvalue weighted by atomic mass is 32.2. The van der Waals surface area contributed by atoms with E-state index in [2.05, 4.69) is 16.6 Å². The maximum atomic E-state index is 5.32. The quantitative estimate of drug-likeness (QED) is 0.883. The summed E-state index contributed by atoms with van der Waals surface area (Å²) in [5.41, 5.74) is 0. The van der Waals surface area contributed by atoms with Crippen molar-refractivity contribution < 1.29 is 4.74 Å². The maximum absolute atomic E-state index is 5.32. The number of rotatable bonds is 5. The molecule has 0 bridgehead atoms. The average Bonchev–Trinajstić information content (AvgIpc) is 2.46. The molecule has 0 radical (unpaired) electrons. The zero-order chi connectivity index (χ0) is 12.8. The van der Waals surface area contributed by atoms with Crippen LogP contribution in [-0.4, -0.2) is 29.6 Å². The lowest BCUT2D eigenvalue weighted by Gasteiger charge is -2.36. The fraction of sp³-hybridized carbons (Fsp3) is 0.643. The van der Waals surface area contributed by atoms with Crippen molar-refractivity contribution in [3.05, 3.63) is 18.3 Å². The zero-order valence-corrected chi connectivity index (χ0v) is 12.1. The molecule has 1 saturated carbocycles. The number of nitrogens with one attached hydrogen (secondary N) is 1. The van der Waals surface area contributed by atoms with Gasteiger partial charge in [0.1, 0.15) is 0 Å². The van der Waals surface area contributed by atoms with Gasteiger partial charge in [-0.15, -0.1) is 0 Å². The van der Waals surface area contributed by atoms with E-state index in [9.17, 15) is 0 Å². The topological polar surface area (TPSA) is 34.1 Å². The lowest BCUT2D eigenvalue weighted by atomic mass is 9.88. The molecule has 0 spiro atoms. The Labute approximate surface area is 114 Å². The number of methoxy groups -OCH3 is 1. The molecule has 1 aliphatic rings. The molecule has 1 aliphatic carbocycles. The van der Waals surface area contributed by atoms with Crippen molar-refractivity contribution in [2.75, 3.05) is 25.2 Å². The van der Waals surface area contributed by atoms with Crippen LogP contribution in [0.5, 0.6) is 5.75 Å². The Bertz CT molecular complexity index is 378. The van der Waals surface area contributed by atoms with Gasteiger partial charge in [0.2, 0.25) is 0 Å².